The molecule has 2 aromatic carbocycles. The standard InChI is InChI=1S/C24H22O8/c1-28-16-9-5-14(6-10-16)19-13-18(21(25)15-7-11-17(29-2)12-8-15)20(23(26)30-3)22(32-19)24(27)31-4/h5-13,22H,1-4H3. The molecule has 0 fully saturated rings. The Balaban J connectivity index is 2.17. The molecule has 32 heavy (non-hydrogen) atoms. The van der Waals surface area contributed by atoms with Gasteiger partial charge >= 0.3 is 11.9 Å². The molecule has 0 spiro atoms. The van der Waals surface area contributed by atoms with Crippen molar-refractivity contribution in [3.63, 3.8) is 0 Å². The Kier molecular flexibility index (Phi) is 6.94. The first-order chi connectivity index (χ1) is 15.4. The molecule has 0 radical (unpaired) electrons. The number of ketones is 1. The molecule has 0 saturated heterocycles. The van der Waals surface area contributed by atoms with Crippen LogP contribution < -0.4 is 9.47 Å². The van der Waals surface area contributed by atoms with Crippen LogP contribution in [0.25, 0.3) is 5.76 Å². The molecule has 2 aromatic rings. The highest BCUT2D eigenvalue weighted by Crippen LogP contribution is 2.33. The molecule has 1 atom stereocenters. The average molecular weight is 438 g/mol. The van der Waals surface area contributed by atoms with Gasteiger partial charge in [0.2, 0.25) is 6.10 Å². The van der Waals surface area contributed by atoms with Crippen molar-refractivity contribution in [2.75, 3.05) is 28.4 Å². The lowest BCUT2D eigenvalue weighted by Crippen LogP contribution is -2.35. The van der Waals surface area contributed by atoms with E-state index >= 15 is 0 Å². The monoisotopic (exact) mass is 438 g/mol. The molecule has 0 aliphatic carbocycles. The second kappa shape index (κ2) is 9.82. The summed E-state index contributed by atoms with van der Waals surface area (Å²) in [6.07, 6.45) is -0.0631. The molecular weight excluding hydrogens is 416 g/mol. The number of ether oxygens (including phenoxy) is 5. The lowest BCUT2D eigenvalue weighted by molar-refractivity contribution is -0.151. The first-order valence-corrected chi connectivity index (χ1v) is 9.55. The molecule has 3 rings (SSSR count). The van der Waals surface area contributed by atoms with Gasteiger partial charge in [-0.25, -0.2) is 9.59 Å². The number of carbonyl (C=O) groups excluding carboxylic acids is 3. The van der Waals surface area contributed by atoms with Gasteiger partial charge in [-0.05, 0) is 54.6 Å². The van der Waals surface area contributed by atoms with E-state index in [0.29, 0.717) is 17.1 Å². The zero-order chi connectivity index (χ0) is 23.3. The Morgan fingerprint density at radius 2 is 1.34 bits per heavy atom. The van der Waals surface area contributed by atoms with Crippen LogP contribution >= 0.6 is 0 Å². The van der Waals surface area contributed by atoms with Crippen molar-refractivity contribution in [3.8, 4) is 11.5 Å². The summed E-state index contributed by atoms with van der Waals surface area (Å²) in [6, 6.07) is 13.2. The maximum Gasteiger partial charge on any atom is 0.352 e. The number of carbonyl (C=O) groups is 3. The number of allylic oxidation sites excluding steroid dienone is 2. The zero-order valence-electron chi connectivity index (χ0n) is 18.0. The maximum atomic E-state index is 13.4. The predicted octanol–water partition coefficient (Wildman–Crippen LogP) is 2.97. The Bertz CT molecular complexity index is 1080. The minimum absolute atomic E-state index is 0.0329. The van der Waals surface area contributed by atoms with Crippen molar-refractivity contribution < 1.29 is 38.1 Å². The molecule has 8 nitrogen and oxygen atoms in total. The number of hydrogen-bond acceptors (Lipinski definition) is 8. The van der Waals surface area contributed by atoms with Gasteiger partial charge in [-0.1, -0.05) is 0 Å². The molecular formula is C24H22O8. The summed E-state index contributed by atoms with van der Waals surface area (Å²) in [5.74, 6) is -0.803. The van der Waals surface area contributed by atoms with Gasteiger partial charge in [0.15, 0.2) is 5.78 Å². The van der Waals surface area contributed by atoms with Crippen LogP contribution in [0.3, 0.4) is 0 Å². The fourth-order valence-electron chi connectivity index (χ4n) is 3.16. The zero-order valence-corrected chi connectivity index (χ0v) is 18.0. The number of hydrogen-bond donors (Lipinski definition) is 0. The van der Waals surface area contributed by atoms with E-state index in [1.807, 2.05) is 0 Å². The smallest absolute Gasteiger partial charge is 0.352 e. The van der Waals surface area contributed by atoms with E-state index in [-0.39, 0.29) is 22.5 Å². The third-order valence-corrected chi connectivity index (χ3v) is 4.86. The lowest BCUT2D eigenvalue weighted by Gasteiger charge is -2.26. The van der Waals surface area contributed by atoms with Gasteiger partial charge in [0.05, 0.1) is 28.4 Å². The highest BCUT2D eigenvalue weighted by molar-refractivity contribution is 6.17. The van der Waals surface area contributed by atoms with Crippen LogP contribution in [-0.4, -0.2) is 52.3 Å². The highest BCUT2D eigenvalue weighted by Gasteiger charge is 2.39. The largest absolute Gasteiger partial charge is 0.497 e. The molecule has 0 saturated carbocycles. The van der Waals surface area contributed by atoms with Gasteiger partial charge in [0, 0.05) is 16.7 Å². The van der Waals surface area contributed by atoms with E-state index in [4.69, 9.17) is 23.7 Å². The summed E-state index contributed by atoms with van der Waals surface area (Å²) in [7, 11) is 5.37. The fourth-order valence-corrected chi connectivity index (χ4v) is 3.16. The van der Waals surface area contributed by atoms with Crippen molar-refractivity contribution in [3.05, 3.63) is 76.9 Å². The molecule has 1 aliphatic rings. The van der Waals surface area contributed by atoms with Crippen molar-refractivity contribution in [2.24, 2.45) is 0 Å². The molecule has 166 valence electrons. The molecule has 8 heteroatoms. The number of esters is 2. The molecule has 0 aromatic heterocycles. The lowest BCUT2D eigenvalue weighted by atomic mass is 9.91. The van der Waals surface area contributed by atoms with Crippen LogP contribution in [0.5, 0.6) is 11.5 Å². The van der Waals surface area contributed by atoms with Gasteiger partial charge in [0.25, 0.3) is 0 Å². The average Bonchev–Trinajstić information content (AvgIpc) is 2.86. The van der Waals surface area contributed by atoms with E-state index in [1.54, 1.807) is 48.5 Å². The van der Waals surface area contributed by atoms with E-state index in [9.17, 15) is 14.4 Å². The summed E-state index contributed by atoms with van der Waals surface area (Å²) in [5.41, 5.74) is 0.591. The molecule has 1 heterocycles. The Morgan fingerprint density at radius 1 is 0.781 bits per heavy atom. The first-order valence-electron chi connectivity index (χ1n) is 9.55. The van der Waals surface area contributed by atoms with Gasteiger partial charge < -0.3 is 23.7 Å². The molecule has 1 aliphatic heterocycles. The van der Waals surface area contributed by atoms with E-state index < -0.39 is 23.8 Å². The van der Waals surface area contributed by atoms with Gasteiger partial charge in [-0.2, -0.15) is 0 Å². The second-order valence-electron chi connectivity index (χ2n) is 6.63. The van der Waals surface area contributed by atoms with Crippen LogP contribution in [0.15, 0.2) is 65.8 Å². The summed E-state index contributed by atoms with van der Waals surface area (Å²) in [5, 5.41) is 0. The fraction of sp³-hybridized carbons (Fsp3) is 0.208. The summed E-state index contributed by atoms with van der Waals surface area (Å²) in [4.78, 5) is 38.5. The quantitative estimate of drug-likeness (QED) is 0.481. The van der Waals surface area contributed by atoms with Crippen molar-refractivity contribution in [1.82, 2.24) is 0 Å². The predicted molar refractivity (Wildman–Crippen MR) is 114 cm³/mol. The van der Waals surface area contributed by atoms with Crippen LogP contribution in [0.4, 0.5) is 0 Å². The van der Waals surface area contributed by atoms with E-state index in [1.165, 1.54) is 20.3 Å². The van der Waals surface area contributed by atoms with Gasteiger partial charge in [-0.15, -0.1) is 0 Å². The van der Waals surface area contributed by atoms with E-state index in [0.717, 1.165) is 14.2 Å². The highest BCUT2D eigenvalue weighted by atomic mass is 16.6. The number of Topliss-reactive ketones (excluding diaryl/α,β-unsaturated/α-hetero) is 1. The second-order valence-corrected chi connectivity index (χ2v) is 6.63. The SMILES string of the molecule is COC(=O)C1=C(C(=O)c2ccc(OC)cc2)C=C(c2ccc(OC)cc2)OC1C(=O)OC. The van der Waals surface area contributed by atoms with E-state index in [2.05, 4.69) is 0 Å². The van der Waals surface area contributed by atoms with Crippen LogP contribution in [0.2, 0.25) is 0 Å². The van der Waals surface area contributed by atoms with Gasteiger partial charge in [0.1, 0.15) is 22.8 Å². The number of methoxy groups -OCH3 is 4. The Hall–Kier alpha value is -4.07. The van der Waals surface area contributed by atoms with Gasteiger partial charge in [-0.3, -0.25) is 4.79 Å². The maximum absolute atomic E-state index is 13.4. The summed E-state index contributed by atoms with van der Waals surface area (Å²) in [6.45, 7) is 0. The third kappa shape index (κ3) is 4.49. The van der Waals surface area contributed by atoms with Crippen molar-refractivity contribution in [1.29, 1.82) is 0 Å². The molecule has 0 bridgehead atoms. The van der Waals surface area contributed by atoms with Crippen LogP contribution in [0.1, 0.15) is 15.9 Å². The van der Waals surface area contributed by atoms with Crippen LogP contribution in [-0.2, 0) is 23.8 Å². The summed E-state index contributed by atoms with van der Waals surface area (Å²) >= 11 is 0. The van der Waals surface area contributed by atoms with Crippen molar-refractivity contribution >= 4 is 23.5 Å². The minimum Gasteiger partial charge on any atom is -0.497 e. The normalized spacial score (nSPS) is 15.2. The first kappa shape index (κ1) is 22.6. The third-order valence-electron chi connectivity index (χ3n) is 4.86. The number of benzene rings is 2. The Labute approximate surface area is 185 Å². The van der Waals surface area contributed by atoms with Crippen molar-refractivity contribution in [2.45, 2.75) is 6.10 Å². The van der Waals surface area contributed by atoms with Crippen LogP contribution in [0, 0.1) is 0 Å². The molecule has 0 N–H and O–H groups in total. The minimum atomic E-state index is -1.48. The number of rotatable bonds is 7. The summed E-state index contributed by atoms with van der Waals surface area (Å²) < 4.78 is 25.7. The Morgan fingerprint density at radius 3 is 1.84 bits per heavy atom. The topological polar surface area (TPSA) is 97.4 Å². The molecule has 0 amide bonds. The molecule has 1 unspecified atom stereocenters.